The molecular formula is C11H16O3. The Kier molecular flexibility index (Phi) is 2.99. The Bertz CT molecular complexity index is 237. The zero-order valence-electron chi connectivity index (χ0n) is 8.28. The van der Waals surface area contributed by atoms with Crippen LogP contribution in [0, 0.1) is 5.92 Å². The first-order chi connectivity index (χ1) is 6.83. The van der Waals surface area contributed by atoms with Crippen LogP contribution >= 0.6 is 0 Å². The lowest BCUT2D eigenvalue weighted by molar-refractivity contribution is -0.128. The average Bonchev–Trinajstić information content (AvgIpc) is 2.51. The third-order valence-electron chi connectivity index (χ3n) is 2.99. The lowest BCUT2D eigenvalue weighted by atomic mass is 9.95. The minimum atomic E-state index is -0.238. The first-order valence-corrected chi connectivity index (χ1v) is 5.19. The van der Waals surface area contributed by atoms with Crippen LogP contribution in [0.15, 0.2) is 12.7 Å². The SMILES string of the molecule is C=CCO[C@H]1C(=O)C[C@@H]2OCCC[C@@H]21. The van der Waals surface area contributed by atoms with E-state index in [9.17, 15) is 4.79 Å². The van der Waals surface area contributed by atoms with E-state index in [1.807, 2.05) is 0 Å². The summed E-state index contributed by atoms with van der Waals surface area (Å²) in [5.74, 6) is 0.486. The average molecular weight is 196 g/mol. The van der Waals surface area contributed by atoms with Crippen LogP contribution in [0.3, 0.4) is 0 Å². The molecule has 1 saturated carbocycles. The molecule has 0 N–H and O–H groups in total. The number of Topliss-reactive ketones (excluding diaryl/α,β-unsaturated/α-hetero) is 1. The lowest BCUT2D eigenvalue weighted by Gasteiger charge is -2.28. The van der Waals surface area contributed by atoms with Gasteiger partial charge in [-0.1, -0.05) is 6.08 Å². The summed E-state index contributed by atoms with van der Waals surface area (Å²) in [5.41, 5.74) is 0. The predicted molar refractivity (Wildman–Crippen MR) is 52.0 cm³/mol. The van der Waals surface area contributed by atoms with E-state index in [1.54, 1.807) is 6.08 Å². The molecule has 78 valence electrons. The molecule has 3 nitrogen and oxygen atoms in total. The van der Waals surface area contributed by atoms with Crippen molar-refractivity contribution in [2.45, 2.75) is 31.5 Å². The molecule has 0 spiro atoms. The smallest absolute Gasteiger partial charge is 0.164 e. The molecule has 0 amide bonds. The second-order valence-corrected chi connectivity index (χ2v) is 3.93. The highest BCUT2D eigenvalue weighted by Gasteiger charge is 2.44. The van der Waals surface area contributed by atoms with Crippen molar-refractivity contribution in [3.05, 3.63) is 12.7 Å². The van der Waals surface area contributed by atoms with Gasteiger partial charge in [0, 0.05) is 18.9 Å². The summed E-state index contributed by atoms with van der Waals surface area (Å²) >= 11 is 0. The van der Waals surface area contributed by atoms with Crippen LogP contribution in [0.4, 0.5) is 0 Å². The summed E-state index contributed by atoms with van der Waals surface area (Å²) < 4.78 is 11.0. The molecule has 0 aromatic rings. The normalized spacial score (nSPS) is 36.9. The van der Waals surface area contributed by atoms with Gasteiger partial charge in [-0.2, -0.15) is 0 Å². The molecule has 0 aromatic carbocycles. The van der Waals surface area contributed by atoms with Crippen LogP contribution in [-0.2, 0) is 14.3 Å². The van der Waals surface area contributed by atoms with Crippen molar-refractivity contribution in [2.24, 2.45) is 5.92 Å². The molecule has 1 aliphatic carbocycles. The third kappa shape index (κ3) is 1.74. The van der Waals surface area contributed by atoms with Crippen molar-refractivity contribution in [1.82, 2.24) is 0 Å². The van der Waals surface area contributed by atoms with Gasteiger partial charge in [0.1, 0.15) is 6.10 Å². The van der Waals surface area contributed by atoms with E-state index in [4.69, 9.17) is 9.47 Å². The highest BCUT2D eigenvalue weighted by molar-refractivity contribution is 5.86. The molecule has 3 atom stereocenters. The molecule has 2 aliphatic rings. The standard InChI is InChI=1S/C11H16O3/c1-2-5-14-11-8-4-3-6-13-10(8)7-9(11)12/h2,8,10-11H,1,3-7H2/t8-,10-,11+/m0/s1. The van der Waals surface area contributed by atoms with E-state index in [-0.39, 0.29) is 23.9 Å². The van der Waals surface area contributed by atoms with Gasteiger partial charge in [0.25, 0.3) is 0 Å². The summed E-state index contributed by atoms with van der Waals surface area (Å²) in [6.45, 7) is 4.84. The van der Waals surface area contributed by atoms with Crippen LogP contribution in [0.5, 0.6) is 0 Å². The Balaban J connectivity index is 2.00. The largest absolute Gasteiger partial charge is 0.377 e. The molecule has 1 saturated heterocycles. The van der Waals surface area contributed by atoms with Gasteiger partial charge in [-0.05, 0) is 12.8 Å². The van der Waals surface area contributed by atoms with Gasteiger partial charge in [-0.15, -0.1) is 6.58 Å². The summed E-state index contributed by atoms with van der Waals surface area (Å²) in [6, 6.07) is 0. The highest BCUT2D eigenvalue weighted by Crippen LogP contribution is 2.35. The van der Waals surface area contributed by atoms with Crippen molar-refractivity contribution in [1.29, 1.82) is 0 Å². The maximum absolute atomic E-state index is 11.6. The van der Waals surface area contributed by atoms with Crippen LogP contribution < -0.4 is 0 Å². The Morgan fingerprint density at radius 3 is 3.29 bits per heavy atom. The predicted octanol–water partition coefficient (Wildman–Crippen LogP) is 1.33. The van der Waals surface area contributed by atoms with Crippen molar-refractivity contribution in [3.63, 3.8) is 0 Å². The third-order valence-corrected chi connectivity index (χ3v) is 2.99. The number of hydrogen-bond acceptors (Lipinski definition) is 3. The first kappa shape index (κ1) is 9.87. The van der Waals surface area contributed by atoms with E-state index < -0.39 is 0 Å². The summed E-state index contributed by atoms with van der Waals surface area (Å²) in [7, 11) is 0. The molecule has 0 radical (unpaired) electrons. The van der Waals surface area contributed by atoms with E-state index in [2.05, 4.69) is 6.58 Å². The zero-order chi connectivity index (χ0) is 9.97. The van der Waals surface area contributed by atoms with Crippen LogP contribution in [0.2, 0.25) is 0 Å². The van der Waals surface area contributed by atoms with Crippen molar-refractivity contribution in [3.8, 4) is 0 Å². The number of ketones is 1. The van der Waals surface area contributed by atoms with E-state index in [0.29, 0.717) is 13.0 Å². The van der Waals surface area contributed by atoms with Crippen molar-refractivity contribution >= 4 is 5.78 Å². The van der Waals surface area contributed by atoms with Gasteiger partial charge in [0.05, 0.1) is 12.7 Å². The van der Waals surface area contributed by atoms with Gasteiger partial charge in [0.15, 0.2) is 5.78 Å². The van der Waals surface area contributed by atoms with Gasteiger partial charge >= 0.3 is 0 Å². The number of carbonyl (C=O) groups is 1. The minimum absolute atomic E-state index is 0.117. The van der Waals surface area contributed by atoms with Crippen molar-refractivity contribution in [2.75, 3.05) is 13.2 Å². The van der Waals surface area contributed by atoms with E-state index >= 15 is 0 Å². The number of hydrogen-bond donors (Lipinski definition) is 0. The van der Waals surface area contributed by atoms with Gasteiger partial charge in [-0.25, -0.2) is 0 Å². The molecular weight excluding hydrogens is 180 g/mol. The fraction of sp³-hybridized carbons (Fsp3) is 0.727. The molecule has 2 fully saturated rings. The molecule has 1 heterocycles. The van der Waals surface area contributed by atoms with Gasteiger partial charge in [0.2, 0.25) is 0 Å². The van der Waals surface area contributed by atoms with E-state index in [1.165, 1.54) is 0 Å². The zero-order valence-corrected chi connectivity index (χ0v) is 8.28. The Labute approximate surface area is 84.1 Å². The lowest BCUT2D eigenvalue weighted by Crippen LogP contribution is -2.33. The fourth-order valence-electron chi connectivity index (χ4n) is 2.36. The van der Waals surface area contributed by atoms with Gasteiger partial charge in [-0.3, -0.25) is 4.79 Å². The quantitative estimate of drug-likeness (QED) is 0.639. The van der Waals surface area contributed by atoms with Gasteiger partial charge < -0.3 is 9.47 Å². The molecule has 0 bridgehead atoms. The molecule has 3 heteroatoms. The summed E-state index contributed by atoms with van der Waals surface area (Å²) in [5, 5.41) is 0. The topological polar surface area (TPSA) is 35.5 Å². The molecule has 14 heavy (non-hydrogen) atoms. The van der Waals surface area contributed by atoms with Crippen molar-refractivity contribution < 1.29 is 14.3 Å². The van der Waals surface area contributed by atoms with Crippen LogP contribution in [0.1, 0.15) is 19.3 Å². The molecule has 0 unspecified atom stereocenters. The highest BCUT2D eigenvalue weighted by atomic mass is 16.5. The maximum atomic E-state index is 11.6. The van der Waals surface area contributed by atoms with E-state index in [0.717, 1.165) is 19.4 Å². The second-order valence-electron chi connectivity index (χ2n) is 3.93. The number of rotatable bonds is 3. The molecule has 2 rings (SSSR count). The second kappa shape index (κ2) is 4.24. The summed E-state index contributed by atoms with van der Waals surface area (Å²) in [4.78, 5) is 11.6. The fourth-order valence-corrected chi connectivity index (χ4v) is 2.36. The minimum Gasteiger partial charge on any atom is -0.377 e. The Hall–Kier alpha value is -0.670. The Morgan fingerprint density at radius 2 is 2.50 bits per heavy atom. The number of fused-ring (bicyclic) bond motifs is 1. The maximum Gasteiger partial charge on any atom is 0.164 e. The molecule has 0 aromatic heterocycles. The summed E-state index contributed by atoms with van der Waals surface area (Å²) in [6.07, 6.45) is 4.20. The molecule has 1 aliphatic heterocycles. The van der Waals surface area contributed by atoms with Crippen LogP contribution in [-0.4, -0.2) is 31.2 Å². The Morgan fingerprint density at radius 1 is 1.64 bits per heavy atom. The van der Waals surface area contributed by atoms with Crippen LogP contribution in [0.25, 0.3) is 0 Å². The monoisotopic (exact) mass is 196 g/mol. The number of ether oxygens (including phenoxy) is 2. The number of carbonyl (C=O) groups excluding carboxylic acids is 1. The first-order valence-electron chi connectivity index (χ1n) is 5.19.